The number of rotatable bonds is 11. The second kappa shape index (κ2) is 12.5. The summed E-state index contributed by atoms with van der Waals surface area (Å²) < 4.78 is 38.4. The Kier molecular flexibility index (Phi) is 8.94. The van der Waals surface area contributed by atoms with Crippen molar-refractivity contribution in [2.45, 2.75) is 36.3 Å². The van der Waals surface area contributed by atoms with Crippen LogP contribution in [0.15, 0.2) is 107 Å². The van der Waals surface area contributed by atoms with Gasteiger partial charge in [-0.3, -0.25) is 0 Å². The molecule has 0 saturated carbocycles. The van der Waals surface area contributed by atoms with Crippen molar-refractivity contribution in [2.24, 2.45) is 0 Å². The molecule has 1 N–H and O–H groups in total. The summed E-state index contributed by atoms with van der Waals surface area (Å²) in [6.07, 6.45) is 0.759. The van der Waals surface area contributed by atoms with Crippen LogP contribution in [0.3, 0.4) is 0 Å². The van der Waals surface area contributed by atoms with Crippen LogP contribution in [-0.4, -0.2) is 28.0 Å². The summed E-state index contributed by atoms with van der Waals surface area (Å²) in [6, 6.07) is 29.5. The second-order valence-electron chi connectivity index (χ2n) is 8.97. The molecule has 0 atom stereocenters. The molecule has 0 radical (unpaired) electrons. The fraction of sp³-hybridized carbons (Fsp3) is 0.194. The quantitative estimate of drug-likeness (QED) is 0.203. The molecule has 4 aromatic carbocycles. The topological polar surface area (TPSA) is 81.7 Å². The first-order valence-corrected chi connectivity index (χ1v) is 13.8. The highest BCUT2D eigenvalue weighted by atomic mass is 32.2. The van der Waals surface area contributed by atoms with Crippen molar-refractivity contribution in [3.63, 3.8) is 0 Å². The van der Waals surface area contributed by atoms with Crippen LogP contribution in [0.2, 0.25) is 0 Å². The first kappa shape index (κ1) is 27.1. The molecule has 7 heteroatoms. The molecular weight excluding hydrogens is 498 g/mol. The van der Waals surface area contributed by atoms with Crippen molar-refractivity contribution in [3.05, 3.63) is 125 Å². The van der Waals surface area contributed by atoms with Crippen molar-refractivity contribution in [2.75, 3.05) is 13.7 Å². The summed E-state index contributed by atoms with van der Waals surface area (Å²) in [5.41, 5.74) is 3.76. The summed E-state index contributed by atoms with van der Waals surface area (Å²) >= 11 is 0. The lowest BCUT2D eigenvalue weighted by Gasteiger charge is -2.17. The van der Waals surface area contributed by atoms with Crippen LogP contribution in [0.4, 0.5) is 0 Å². The van der Waals surface area contributed by atoms with Crippen LogP contribution < -0.4 is 10.1 Å². The van der Waals surface area contributed by atoms with Gasteiger partial charge in [0, 0.05) is 6.54 Å². The lowest BCUT2D eigenvalue weighted by Crippen LogP contribution is -2.16. The molecule has 0 aliphatic rings. The van der Waals surface area contributed by atoms with Gasteiger partial charge in [0.2, 0.25) is 9.84 Å². The van der Waals surface area contributed by atoms with Crippen molar-refractivity contribution < 1.29 is 22.7 Å². The van der Waals surface area contributed by atoms with E-state index >= 15 is 0 Å². The first-order chi connectivity index (χ1) is 18.4. The van der Waals surface area contributed by atoms with Crippen molar-refractivity contribution >= 4 is 15.8 Å². The molecule has 0 aromatic heterocycles. The molecule has 0 heterocycles. The third kappa shape index (κ3) is 6.68. The van der Waals surface area contributed by atoms with E-state index in [9.17, 15) is 13.2 Å². The largest absolute Gasteiger partial charge is 0.487 e. The number of esters is 1. The van der Waals surface area contributed by atoms with Gasteiger partial charge in [-0.2, -0.15) is 0 Å². The number of sulfone groups is 1. The van der Waals surface area contributed by atoms with E-state index in [1.54, 1.807) is 25.1 Å². The Morgan fingerprint density at radius 1 is 0.816 bits per heavy atom. The molecule has 196 valence electrons. The Hall–Kier alpha value is -3.94. The van der Waals surface area contributed by atoms with Gasteiger partial charge in [-0.05, 0) is 66.4 Å². The minimum atomic E-state index is -3.99. The van der Waals surface area contributed by atoms with Crippen molar-refractivity contribution in [1.29, 1.82) is 0 Å². The van der Waals surface area contributed by atoms with E-state index in [0.717, 1.165) is 30.6 Å². The van der Waals surface area contributed by atoms with Crippen molar-refractivity contribution in [1.82, 2.24) is 5.32 Å². The predicted molar refractivity (Wildman–Crippen MR) is 147 cm³/mol. The third-order valence-electron chi connectivity index (χ3n) is 6.12. The van der Waals surface area contributed by atoms with Crippen LogP contribution in [-0.2, 0) is 34.1 Å². The smallest absolute Gasteiger partial charge is 0.341 e. The van der Waals surface area contributed by atoms with Crippen LogP contribution in [0.1, 0.15) is 32.6 Å². The lowest BCUT2D eigenvalue weighted by atomic mass is 10.1. The highest BCUT2D eigenvalue weighted by Gasteiger charge is 2.28. The average molecular weight is 530 g/mol. The SMILES string of the molecule is COC(=O)c1cc(C)cc(S(=O)(=O)c2ccc(CCNCc3ccccc3)cc2)c1OCc1ccccc1. The second-order valence-corrected chi connectivity index (χ2v) is 10.9. The van der Waals surface area contributed by atoms with Crippen LogP contribution in [0.5, 0.6) is 5.75 Å². The number of hydrogen-bond acceptors (Lipinski definition) is 6. The van der Waals surface area contributed by atoms with Gasteiger partial charge in [-0.15, -0.1) is 0 Å². The molecule has 0 spiro atoms. The summed E-state index contributed by atoms with van der Waals surface area (Å²) in [5.74, 6) is -0.674. The van der Waals surface area contributed by atoms with Gasteiger partial charge in [0.25, 0.3) is 0 Å². The molecule has 0 saturated heterocycles. The first-order valence-electron chi connectivity index (χ1n) is 12.4. The third-order valence-corrected chi connectivity index (χ3v) is 7.89. The van der Waals surface area contributed by atoms with Gasteiger partial charge in [-0.1, -0.05) is 72.8 Å². The van der Waals surface area contributed by atoms with Crippen molar-refractivity contribution in [3.8, 4) is 5.75 Å². The Bertz CT molecular complexity index is 1470. The molecular formula is C31H31NO5S. The van der Waals surface area contributed by atoms with Gasteiger partial charge in [-0.25, -0.2) is 13.2 Å². The fourth-order valence-electron chi connectivity index (χ4n) is 4.10. The van der Waals surface area contributed by atoms with E-state index in [1.807, 2.05) is 60.7 Å². The maximum atomic E-state index is 13.8. The molecule has 0 amide bonds. The number of hydrogen-bond donors (Lipinski definition) is 1. The number of benzene rings is 4. The monoisotopic (exact) mass is 529 g/mol. The normalized spacial score (nSPS) is 11.2. The Morgan fingerprint density at radius 2 is 1.45 bits per heavy atom. The van der Waals surface area contributed by atoms with E-state index in [-0.39, 0.29) is 27.7 Å². The fourth-order valence-corrected chi connectivity index (χ4v) is 5.61. The maximum Gasteiger partial charge on any atom is 0.341 e. The summed E-state index contributed by atoms with van der Waals surface area (Å²) in [6.45, 7) is 3.37. The van der Waals surface area contributed by atoms with E-state index in [4.69, 9.17) is 9.47 Å². The number of nitrogens with one attached hydrogen (secondary N) is 1. The number of carbonyl (C=O) groups excluding carboxylic acids is 1. The van der Waals surface area contributed by atoms with Gasteiger partial charge in [0.15, 0.2) is 5.75 Å². The molecule has 38 heavy (non-hydrogen) atoms. The van der Waals surface area contributed by atoms with E-state index in [0.29, 0.717) is 5.56 Å². The molecule has 0 bridgehead atoms. The van der Waals surface area contributed by atoms with E-state index in [1.165, 1.54) is 18.7 Å². The summed E-state index contributed by atoms with van der Waals surface area (Å²) in [5, 5.41) is 3.41. The average Bonchev–Trinajstić information content (AvgIpc) is 2.95. The zero-order valence-corrected chi connectivity index (χ0v) is 22.3. The predicted octanol–water partition coefficient (Wildman–Crippen LogP) is 5.53. The molecule has 6 nitrogen and oxygen atoms in total. The molecule has 4 rings (SSSR count). The van der Waals surface area contributed by atoms with Crippen LogP contribution >= 0.6 is 0 Å². The lowest BCUT2D eigenvalue weighted by molar-refractivity contribution is 0.0594. The minimum Gasteiger partial charge on any atom is -0.487 e. The number of methoxy groups -OCH3 is 1. The molecule has 0 aliphatic heterocycles. The van der Waals surface area contributed by atoms with Gasteiger partial charge < -0.3 is 14.8 Å². The maximum absolute atomic E-state index is 13.8. The molecule has 4 aromatic rings. The van der Waals surface area contributed by atoms with Gasteiger partial charge >= 0.3 is 5.97 Å². The standard InChI is InChI=1S/C31H31NO5S/c1-23-19-28(31(33)36-2)30(37-22-26-11-7-4-8-12-26)29(20-23)38(34,35)27-15-13-24(14-16-27)17-18-32-21-25-9-5-3-6-10-25/h3-16,19-20,32H,17-18,21-22H2,1-2H3. The van der Waals surface area contributed by atoms with Gasteiger partial charge in [0.1, 0.15) is 17.1 Å². The highest BCUT2D eigenvalue weighted by molar-refractivity contribution is 7.91. The summed E-state index contributed by atoms with van der Waals surface area (Å²) in [7, 11) is -2.73. The number of aryl methyl sites for hydroxylation is 1. The number of ether oxygens (including phenoxy) is 2. The zero-order valence-electron chi connectivity index (χ0n) is 21.5. The summed E-state index contributed by atoms with van der Waals surface area (Å²) in [4.78, 5) is 12.6. The molecule has 0 unspecified atom stereocenters. The van der Waals surface area contributed by atoms with Crippen LogP contribution in [0, 0.1) is 6.92 Å². The Balaban J connectivity index is 1.55. The highest BCUT2D eigenvalue weighted by Crippen LogP contribution is 2.35. The zero-order chi connectivity index (χ0) is 27.0. The van der Waals surface area contributed by atoms with E-state index in [2.05, 4.69) is 17.4 Å². The number of carbonyl (C=O) groups is 1. The molecule has 0 aliphatic carbocycles. The Labute approximate surface area is 224 Å². The molecule has 0 fully saturated rings. The van der Waals surface area contributed by atoms with E-state index < -0.39 is 15.8 Å². The Morgan fingerprint density at radius 3 is 2.08 bits per heavy atom. The van der Waals surface area contributed by atoms with Crippen LogP contribution in [0.25, 0.3) is 0 Å². The van der Waals surface area contributed by atoms with Gasteiger partial charge in [0.05, 0.1) is 12.0 Å². The minimum absolute atomic E-state index is 0.0134.